The molecule has 2 N–H and O–H groups in total. The van der Waals surface area contributed by atoms with Gasteiger partial charge in [0.15, 0.2) is 0 Å². The average Bonchev–Trinajstić information content (AvgIpc) is 2.83. The van der Waals surface area contributed by atoms with Crippen LogP contribution in [0.2, 0.25) is 0 Å². The number of rotatable bonds is 6. The molecule has 8 nitrogen and oxygen atoms in total. The molecule has 4 amide bonds. The molecule has 2 rings (SSSR count). The van der Waals surface area contributed by atoms with Crippen LogP contribution in [0.25, 0.3) is 0 Å². The Labute approximate surface area is 141 Å². The summed E-state index contributed by atoms with van der Waals surface area (Å²) in [5.74, 6) is -1.37. The van der Waals surface area contributed by atoms with Crippen LogP contribution >= 0.6 is 0 Å². The molecule has 134 valence electrons. The quantitative estimate of drug-likeness (QED) is 0.661. The number of likely N-dealkylation sites (tertiary alicyclic amines) is 1. The highest BCUT2D eigenvalue weighted by Gasteiger charge is 2.30. The summed E-state index contributed by atoms with van der Waals surface area (Å²) in [6.45, 7) is 4.76. The van der Waals surface area contributed by atoms with E-state index in [9.17, 15) is 19.2 Å². The summed E-state index contributed by atoms with van der Waals surface area (Å²) in [5, 5.41) is 3.48. The molecule has 0 aromatic carbocycles. The molecule has 0 aliphatic carbocycles. The maximum Gasteiger partial charge on any atom is 0.248 e. The predicted octanol–water partition coefficient (Wildman–Crippen LogP) is -0.0642. The highest BCUT2D eigenvalue weighted by atomic mass is 16.2. The lowest BCUT2D eigenvalue weighted by molar-refractivity contribution is -0.147. The van der Waals surface area contributed by atoms with Gasteiger partial charge in [-0.1, -0.05) is 6.42 Å². The van der Waals surface area contributed by atoms with Crippen molar-refractivity contribution in [3.05, 3.63) is 0 Å². The zero-order valence-corrected chi connectivity index (χ0v) is 14.3. The second kappa shape index (κ2) is 8.23. The lowest BCUT2D eigenvalue weighted by Gasteiger charge is -2.38. The van der Waals surface area contributed by atoms with E-state index in [0.717, 1.165) is 17.9 Å². The SMILES string of the molecule is CC1CCCC(C)N1CC(=O)NCCC(=O)NN1C(=O)CCC1=O. The molecular formula is C16H26N4O4. The standard InChI is InChI=1S/C16H26N4O4/c1-11-4-3-5-12(2)19(11)10-14(22)17-9-8-13(21)18-20-15(23)6-7-16(20)24/h11-12H,3-10H2,1-2H3,(H,17,22)(H,18,21). The van der Waals surface area contributed by atoms with E-state index in [1.165, 1.54) is 6.42 Å². The summed E-state index contributed by atoms with van der Waals surface area (Å²) in [4.78, 5) is 48.8. The Morgan fingerprint density at radius 1 is 1.04 bits per heavy atom. The number of hydrogen-bond donors (Lipinski definition) is 2. The maximum atomic E-state index is 12.0. The fourth-order valence-electron chi connectivity index (χ4n) is 3.21. The molecule has 8 heteroatoms. The van der Waals surface area contributed by atoms with Crippen molar-refractivity contribution in [1.29, 1.82) is 0 Å². The van der Waals surface area contributed by atoms with Gasteiger partial charge in [-0.2, -0.15) is 5.01 Å². The van der Waals surface area contributed by atoms with Crippen LogP contribution < -0.4 is 10.7 Å². The predicted molar refractivity (Wildman–Crippen MR) is 86.3 cm³/mol. The highest BCUT2D eigenvalue weighted by molar-refractivity contribution is 6.03. The summed E-state index contributed by atoms with van der Waals surface area (Å²) in [6.07, 6.45) is 3.66. The first kappa shape index (κ1) is 18.4. The molecule has 0 spiro atoms. The van der Waals surface area contributed by atoms with Gasteiger partial charge in [0.2, 0.25) is 23.6 Å². The Hall–Kier alpha value is -1.96. The molecular weight excluding hydrogens is 312 g/mol. The van der Waals surface area contributed by atoms with Gasteiger partial charge in [0.25, 0.3) is 0 Å². The zero-order chi connectivity index (χ0) is 17.7. The number of nitrogens with one attached hydrogen (secondary N) is 2. The van der Waals surface area contributed by atoms with E-state index in [0.29, 0.717) is 18.6 Å². The molecule has 2 saturated heterocycles. The summed E-state index contributed by atoms with van der Waals surface area (Å²) >= 11 is 0. The first-order chi connectivity index (χ1) is 11.4. The van der Waals surface area contributed by atoms with Crippen molar-refractivity contribution >= 4 is 23.6 Å². The molecule has 2 aliphatic heterocycles. The molecule has 2 aliphatic rings. The number of carbonyl (C=O) groups excluding carboxylic acids is 4. The van der Waals surface area contributed by atoms with E-state index in [1.54, 1.807) is 0 Å². The van der Waals surface area contributed by atoms with Gasteiger partial charge in [-0.3, -0.25) is 29.5 Å². The summed E-state index contributed by atoms with van der Waals surface area (Å²) in [6, 6.07) is 0.769. The molecule has 2 atom stereocenters. The lowest BCUT2D eigenvalue weighted by atomic mass is 9.97. The topological polar surface area (TPSA) is 98.8 Å². The van der Waals surface area contributed by atoms with Crippen LogP contribution in [0.3, 0.4) is 0 Å². The maximum absolute atomic E-state index is 12.0. The van der Waals surface area contributed by atoms with Crippen LogP contribution in [-0.2, 0) is 19.2 Å². The Kier molecular flexibility index (Phi) is 6.30. The van der Waals surface area contributed by atoms with E-state index in [1.807, 2.05) is 0 Å². The van der Waals surface area contributed by atoms with E-state index in [4.69, 9.17) is 0 Å². The van der Waals surface area contributed by atoms with Crippen molar-refractivity contribution in [3.8, 4) is 0 Å². The summed E-state index contributed by atoms with van der Waals surface area (Å²) < 4.78 is 0. The monoisotopic (exact) mass is 338 g/mol. The zero-order valence-electron chi connectivity index (χ0n) is 14.3. The third-order valence-corrected chi connectivity index (χ3v) is 4.66. The second-order valence-corrected chi connectivity index (χ2v) is 6.56. The first-order valence-electron chi connectivity index (χ1n) is 8.56. The van der Waals surface area contributed by atoms with Gasteiger partial charge >= 0.3 is 0 Å². The van der Waals surface area contributed by atoms with Gasteiger partial charge < -0.3 is 5.32 Å². The van der Waals surface area contributed by atoms with Gasteiger partial charge in [0, 0.05) is 37.9 Å². The van der Waals surface area contributed by atoms with Gasteiger partial charge in [0.05, 0.1) is 6.54 Å². The molecule has 0 radical (unpaired) electrons. The van der Waals surface area contributed by atoms with Crippen molar-refractivity contribution in [3.63, 3.8) is 0 Å². The van der Waals surface area contributed by atoms with E-state index >= 15 is 0 Å². The van der Waals surface area contributed by atoms with E-state index in [2.05, 4.69) is 29.5 Å². The Bertz CT molecular complexity index is 496. The van der Waals surface area contributed by atoms with Crippen LogP contribution in [-0.4, -0.2) is 58.7 Å². The largest absolute Gasteiger partial charge is 0.354 e. The second-order valence-electron chi connectivity index (χ2n) is 6.56. The number of imide groups is 1. The normalized spacial score (nSPS) is 25.0. The highest BCUT2D eigenvalue weighted by Crippen LogP contribution is 2.21. The number of hydrogen-bond acceptors (Lipinski definition) is 5. The van der Waals surface area contributed by atoms with Crippen molar-refractivity contribution < 1.29 is 19.2 Å². The fraction of sp³-hybridized carbons (Fsp3) is 0.750. The molecule has 0 bridgehead atoms. The number of carbonyl (C=O) groups is 4. The summed E-state index contributed by atoms with van der Waals surface area (Å²) in [7, 11) is 0. The molecule has 0 aromatic heterocycles. The van der Waals surface area contributed by atoms with Crippen molar-refractivity contribution in [2.24, 2.45) is 0 Å². The minimum absolute atomic E-state index is 0.0217. The molecule has 2 unspecified atom stereocenters. The summed E-state index contributed by atoms with van der Waals surface area (Å²) in [5.41, 5.74) is 2.28. The minimum Gasteiger partial charge on any atom is -0.354 e. The van der Waals surface area contributed by atoms with Crippen LogP contribution in [0.5, 0.6) is 0 Å². The molecule has 2 fully saturated rings. The Morgan fingerprint density at radius 3 is 2.21 bits per heavy atom. The molecule has 2 heterocycles. The third-order valence-electron chi connectivity index (χ3n) is 4.66. The van der Waals surface area contributed by atoms with Gasteiger partial charge in [-0.25, -0.2) is 0 Å². The minimum atomic E-state index is -0.460. The molecule has 24 heavy (non-hydrogen) atoms. The molecule has 0 aromatic rings. The third kappa shape index (κ3) is 4.77. The van der Waals surface area contributed by atoms with Crippen LogP contribution in [0.4, 0.5) is 0 Å². The Morgan fingerprint density at radius 2 is 1.62 bits per heavy atom. The number of amides is 4. The first-order valence-corrected chi connectivity index (χ1v) is 8.56. The van der Waals surface area contributed by atoms with Crippen molar-refractivity contribution in [2.75, 3.05) is 13.1 Å². The van der Waals surface area contributed by atoms with E-state index in [-0.39, 0.29) is 31.7 Å². The van der Waals surface area contributed by atoms with Crippen LogP contribution in [0.15, 0.2) is 0 Å². The van der Waals surface area contributed by atoms with Gasteiger partial charge in [-0.05, 0) is 26.7 Å². The van der Waals surface area contributed by atoms with Crippen molar-refractivity contribution in [2.45, 2.75) is 64.5 Å². The average molecular weight is 338 g/mol. The van der Waals surface area contributed by atoms with Gasteiger partial charge in [-0.15, -0.1) is 0 Å². The molecule has 0 saturated carbocycles. The Balaban J connectivity index is 1.67. The van der Waals surface area contributed by atoms with Gasteiger partial charge in [0.1, 0.15) is 0 Å². The number of piperidine rings is 1. The number of nitrogens with zero attached hydrogens (tertiary/aromatic N) is 2. The lowest BCUT2D eigenvalue weighted by Crippen LogP contribution is -2.49. The van der Waals surface area contributed by atoms with E-state index < -0.39 is 17.7 Å². The van der Waals surface area contributed by atoms with Crippen LogP contribution in [0.1, 0.15) is 52.4 Å². The van der Waals surface area contributed by atoms with Crippen molar-refractivity contribution in [1.82, 2.24) is 20.7 Å². The fourth-order valence-corrected chi connectivity index (χ4v) is 3.21. The van der Waals surface area contributed by atoms with Crippen LogP contribution in [0, 0.1) is 0 Å². The number of hydrazine groups is 1. The smallest absolute Gasteiger partial charge is 0.248 e.